The first-order chi connectivity index (χ1) is 13.1. The van der Waals surface area contributed by atoms with Gasteiger partial charge in [0.1, 0.15) is 0 Å². The highest BCUT2D eigenvalue weighted by molar-refractivity contribution is 5.65. The standard InChI is InChI=1S/C22H29N3O2/c23-16-22(18-4-2-1-3-5-18)8-6-19(7-9-22)24-13-10-21(11-14-24)12-15-25(17-21)20(26)27/h1-5,19H,6-15,17H2,(H,26,27). The summed E-state index contributed by atoms with van der Waals surface area (Å²) < 4.78 is 0. The molecular formula is C22H29N3O2. The van der Waals surface area contributed by atoms with Crippen molar-refractivity contribution < 1.29 is 9.90 Å². The molecule has 2 heterocycles. The summed E-state index contributed by atoms with van der Waals surface area (Å²) in [6.07, 6.45) is 6.50. The number of hydrogen-bond donors (Lipinski definition) is 1. The Labute approximate surface area is 161 Å². The van der Waals surface area contributed by atoms with Gasteiger partial charge in [0.25, 0.3) is 0 Å². The minimum absolute atomic E-state index is 0.212. The maximum absolute atomic E-state index is 11.2. The first kappa shape index (κ1) is 18.3. The second kappa shape index (κ2) is 7.16. The fourth-order valence-electron chi connectivity index (χ4n) is 5.55. The molecule has 1 N–H and O–H groups in total. The van der Waals surface area contributed by atoms with E-state index in [1.165, 1.54) is 5.56 Å². The lowest BCUT2D eigenvalue weighted by molar-refractivity contribution is 0.0550. The van der Waals surface area contributed by atoms with Crippen LogP contribution in [0.1, 0.15) is 50.5 Å². The molecule has 1 aromatic rings. The third-order valence-corrected chi connectivity index (χ3v) is 7.43. The Morgan fingerprint density at radius 1 is 1.04 bits per heavy atom. The van der Waals surface area contributed by atoms with Crippen LogP contribution in [0.15, 0.2) is 30.3 Å². The maximum atomic E-state index is 11.2. The number of amides is 1. The van der Waals surface area contributed by atoms with Gasteiger partial charge in [-0.2, -0.15) is 5.26 Å². The van der Waals surface area contributed by atoms with Crippen LogP contribution in [0.4, 0.5) is 4.79 Å². The molecule has 144 valence electrons. The molecule has 3 aliphatic rings. The van der Waals surface area contributed by atoms with Crippen molar-refractivity contribution in [2.45, 2.75) is 56.4 Å². The summed E-state index contributed by atoms with van der Waals surface area (Å²) >= 11 is 0. The molecule has 3 fully saturated rings. The van der Waals surface area contributed by atoms with E-state index in [1.54, 1.807) is 4.90 Å². The van der Waals surface area contributed by atoms with Crippen LogP contribution in [-0.4, -0.2) is 53.2 Å². The van der Waals surface area contributed by atoms with Gasteiger partial charge in [-0.05, 0) is 69.0 Å². The van der Waals surface area contributed by atoms with Gasteiger partial charge in [-0.1, -0.05) is 30.3 Å². The van der Waals surface area contributed by atoms with E-state index in [2.05, 4.69) is 23.1 Å². The van der Waals surface area contributed by atoms with Crippen LogP contribution in [-0.2, 0) is 5.41 Å². The van der Waals surface area contributed by atoms with Crippen LogP contribution >= 0.6 is 0 Å². The monoisotopic (exact) mass is 367 g/mol. The smallest absolute Gasteiger partial charge is 0.407 e. The number of piperidine rings is 1. The molecule has 1 saturated carbocycles. The Hall–Kier alpha value is -2.06. The largest absolute Gasteiger partial charge is 0.465 e. The van der Waals surface area contributed by atoms with Crippen LogP contribution in [0, 0.1) is 16.7 Å². The van der Waals surface area contributed by atoms with Gasteiger partial charge in [0.2, 0.25) is 0 Å². The third-order valence-electron chi connectivity index (χ3n) is 7.43. The van der Waals surface area contributed by atoms with Crippen LogP contribution in [0.5, 0.6) is 0 Å². The molecule has 5 heteroatoms. The lowest BCUT2D eigenvalue weighted by atomic mass is 9.68. The van der Waals surface area contributed by atoms with E-state index >= 15 is 0 Å². The molecule has 27 heavy (non-hydrogen) atoms. The predicted octanol–water partition coefficient (Wildman–Crippen LogP) is 3.86. The fraction of sp³-hybridized carbons (Fsp3) is 0.636. The zero-order valence-corrected chi connectivity index (χ0v) is 15.9. The van der Waals surface area contributed by atoms with E-state index in [9.17, 15) is 15.2 Å². The summed E-state index contributed by atoms with van der Waals surface area (Å²) in [5, 5.41) is 19.1. The van der Waals surface area contributed by atoms with E-state index in [0.717, 1.165) is 58.0 Å². The highest BCUT2D eigenvalue weighted by Gasteiger charge is 2.44. The van der Waals surface area contributed by atoms with Gasteiger partial charge in [-0.15, -0.1) is 0 Å². The van der Waals surface area contributed by atoms with Crippen LogP contribution < -0.4 is 0 Å². The Morgan fingerprint density at radius 3 is 2.22 bits per heavy atom. The number of benzene rings is 1. The van der Waals surface area contributed by atoms with Crippen molar-refractivity contribution >= 4 is 6.09 Å². The predicted molar refractivity (Wildman–Crippen MR) is 103 cm³/mol. The third kappa shape index (κ3) is 3.43. The number of carbonyl (C=O) groups is 1. The van der Waals surface area contributed by atoms with Crippen LogP contribution in [0.2, 0.25) is 0 Å². The van der Waals surface area contributed by atoms with Crippen molar-refractivity contribution in [3.63, 3.8) is 0 Å². The molecule has 2 saturated heterocycles. The highest BCUT2D eigenvalue weighted by Crippen LogP contribution is 2.44. The number of rotatable bonds is 2. The maximum Gasteiger partial charge on any atom is 0.407 e. The molecule has 0 bridgehead atoms. The van der Waals surface area contributed by atoms with Gasteiger partial charge in [-0.3, -0.25) is 0 Å². The summed E-state index contributed by atoms with van der Waals surface area (Å²) in [7, 11) is 0. The Kier molecular flexibility index (Phi) is 4.86. The van der Waals surface area contributed by atoms with Gasteiger partial charge >= 0.3 is 6.09 Å². The van der Waals surface area contributed by atoms with E-state index in [-0.39, 0.29) is 10.8 Å². The van der Waals surface area contributed by atoms with E-state index in [0.29, 0.717) is 19.1 Å². The van der Waals surface area contributed by atoms with Gasteiger partial charge < -0.3 is 14.9 Å². The van der Waals surface area contributed by atoms with Crippen molar-refractivity contribution in [3.8, 4) is 6.07 Å². The van der Waals surface area contributed by atoms with Crippen molar-refractivity contribution in [2.75, 3.05) is 26.2 Å². The summed E-state index contributed by atoms with van der Waals surface area (Å²) in [6, 6.07) is 13.5. The molecule has 5 nitrogen and oxygen atoms in total. The zero-order valence-electron chi connectivity index (χ0n) is 15.9. The molecule has 1 spiro atoms. The van der Waals surface area contributed by atoms with Crippen LogP contribution in [0.25, 0.3) is 0 Å². The second-order valence-electron chi connectivity index (χ2n) is 8.78. The highest BCUT2D eigenvalue weighted by atomic mass is 16.4. The quantitative estimate of drug-likeness (QED) is 0.862. The Bertz CT molecular complexity index is 711. The number of hydrogen-bond acceptors (Lipinski definition) is 3. The van der Waals surface area contributed by atoms with E-state index in [4.69, 9.17) is 0 Å². The van der Waals surface area contributed by atoms with Crippen molar-refractivity contribution in [2.24, 2.45) is 5.41 Å². The summed E-state index contributed by atoms with van der Waals surface area (Å²) in [4.78, 5) is 15.4. The molecule has 0 atom stereocenters. The average Bonchev–Trinajstić information content (AvgIpc) is 3.13. The summed E-state index contributed by atoms with van der Waals surface area (Å²) in [5.74, 6) is 0. The minimum Gasteiger partial charge on any atom is -0.465 e. The van der Waals surface area contributed by atoms with Crippen molar-refractivity contribution in [3.05, 3.63) is 35.9 Å². The van der Waals surface area contributed by atoms with Crippen molar-refractivity contribution in [1.82, 2.24) is 9.80 Å². The Morgan fingerprint density at radius 2 is 1.67 bits per heavy atom. The molecule has 1 amide bonds. The lowest BCUT2D eigenvalue weighted by Gasteiger charge is -2.45. The van der Waals surface area contributed by atoms with Gasteiger partial charge in [0.05, 0.1) is 11.5 Å². The average molecular weight is 367 g/mol. The minimum atomic E-state index is -0.768. The van der Waals surface area contributed by atoms with Crippen molar-refractivity contribution in [1.29, 1.82) is 5.26 Å². The number of nitriles is 1. The van der Waals surface area contributed by atoms with Gasteiger partial charge in [-0.25, -0.2) is 4.79 Å². The molecule has 1 aromatic carbocycles. The molecule has 0 unspecified atom stereocenters. The number of likely N-dealkylation sites (tertiary alicyclic amines) is 2. The molecule has 0 radical (unpaired) electrons. The molecule has 0 aromatic heterocycles. The summed E-state index contributed by atoms with van der Waals surface area (Å²) in [5.41, 5.74) is 1.06. The SMILES string of the molecule is N#CC1(c2ccccc2)CCC(N2CCC3(CCN(C(=O)O)C3)CC2)CC1. The number of carboxylic acid groups (broad SMARTS) is 1. The molecular weight excluding hydrogens is 338 g/mol. The van der Waals surface area contributed by atoms with Crippen LogP contribution in [0.3, 0.4) is 0 Å². The first-order valence-corrected chi connectivity index (χ1v) is 10.2. The molecule has 4 rings (SSSR count). The lowest BCUT2D eigenvalue weighted by Crippen LogP contribution is -2.48. The first-order valence-electron chi connectivity index (χ1n) is 10.2. The van der Waals surface area contributed by atoms with Gasteiger partial charge in [0.15, 0.2) is 0 Å². The second-order valence-corrected chi connectivity index (χ2v) is 8.78. The van der Waals surface area contributed by atoms with Gasteiger partial charge in [0, 0.05) is 19.1 Å². The normalized spacial score (nSPS) is 30.9. The fourth-order valence-corrected chi connectivity index (χ4v) is 5.55. The molecule has 2 aliphatic heterocycles. The Balaban J connectivity index is 1.34. The number of nitrogens with zero attached hydrogens (tertiary/aromatic N) is 3. The molecule has 1 aliphatic carbocycles. The summed E-state index contributed by atoms with van der Waals surface area (Å²) in [6.45, 7) is 3.55. The van der Waals surface area contributed by atoms with E-state index < -0.39 is 6.09 Å². The zero-order chi connectivity index (χ0) is 18.9. The van der Waals surface area contributed by atoms with E-state index in [1.807, 2.05) is 18.2 Å². The topological polar surface area (TPSA) is 67.6 Å².